The molecule has 132 valence electrons. The van der Waals surface area contributed by atoms with E-state index in [1.165, 1.54) is 23.0 Å². The Balaban J connectivity index is 1.97. The van der Waals surface area contributed by atoms with E-state index in [-0.39, 0.29) is 24.0 Å². The molecule has 0 aliphatic heterocycles. The van der Waals surface area contributed by atoms with Crippen molar-refractivity contribution in [3.8, 4) is 0 Å². The van der Waals surface area contributed by atoms with E-state index in [4.69, 9.17) is 4.74 Å². The number of hydrogen-bond donors (Lipinski definition) is 1. The third-order valence-electron chi connectivity index (χ3n) is 3.91. The van der Waals surface area contributed by atoms with Crippen LogP contribution in [-0.2, 0) is 16.1 Å². The molecule has 0 amide bonds. The first-order valence-corrected chi connectivity index (χ1v) is 8.81. The number of hydrogen-bond acceptors (Lipinski definition) is 7. The maximum atomic E-state index is 11.5. The fraction of sp³-hybridized carbons (Fsp3) is 0.412. The number of methoxy groups -OCH3 is 1. The summed E-state index contributed by atoms with van der Waals surface area (Å²) >= 11 is 1.71. The molecule has 8 heteroatoms. The minimum Gasteiger partial charge on any atom is -0.468 e. The van der Waals surface area contributed by atoms with Gasteiger partial charge < -0.3 is 10.1 Å². The van der Waals surface area contributed by atoms with Gasteiger partial charge in [-0.2, -0.15) is 5.10 Å². The molecule has 1 N–H and O–H groups in total. The quantitative estimate of drug-likeness (QED) is 0.704. The minimum absolute atomic E-state index is 0.00978. The van der Waals surface area contributed by atoms with Crippen LogP contribution < -0.4 is 5.32 Å². The predicted octanol–water partition coefficient (Wildman–Crippen LogP) is 3.26. The number of nitrogens with zero attached hydrogens (tertiary/aromatic N) is 4. The van der Waals surface area contributed by atoms with Gasteiger partial charge in [0.05, 0.1) is 24.7 Å². The van der Waals surface area contributed by atoms with Gasteiger partial charge in [-0.15, -0.1) is 11.3 Å². The van der Waals surface area contributed by atoms with Gasteiger partial charge in [0.25, 0.3) is 0 Å². The molecule has 0 aliphatic rings. The topological polar surface area (TPSA) is 81.9 Å². The molecule has 0 aliphatic carbocycles. The number of fused-ring (bicyclic) bond motifs is 1. The van der Waals surface area contributed by atoms with E-state index in [9.17, 15) is 4.79 Å². The van der Waals surface area contributed by atoms with Crippen LogP contribution in [-0.4, -0.2) is 32.8 Å². The Labute approximate surface area is 150 Å². The van der Waals surface area contributed by atoms with Gasteiger partial charge in [-0.1, -0.05) is 26.8 Å². The molecule has 25 heavy (non-hydrogen) atoms. The fourth-order valence-corrected chi connectivity index (χ4v) is 3.64. The van der Waals surface area contributed by atoms with E-state index in [1.54, 1.807) is 17.5 Å². The maximum absolute atomic E-state index is 11.5. The Morgan fingerprint density at radius 1 is 1.40 bits per heavy atom. The number of aromatic nitrogens is 4. The summed E-state index contributed by atoms with van der Waals surface area (Å²) in [6.07, 6.45) is 3.16. The lowest BCUT2D eigenvalue weighted by atomic mass is 9.85. The first-order chi connectivity index (χ1) is 11.9. The van der Waals surface area contributed by atoms with Crippen molar-refractivity contribution >= 4 is 34.2 Å². The van der Waals surface area contributed by atoms with Gasteiger partial charge in [0.2, 0.25) is 0 Å². The highest BCUT2D eigenvalue weighted by Crippen LogP contribution is 2.38. The minimum atomic E-state index is -0.371. The van der Waals surface area contributed by atoms with E-state index in [2.05, 4.69) is 52.6 Å². The van der Waals surface area contributed by atoms with Gasteiger partial charge in [-0.05, 0) is 16.9 Å². The highest BCUT2D eigenvalue weighted by atomic mass is 32.1. The van der Waals surface area contributed by atoms with Crippen LogP contribution in [0.2, 0.25) is 0 Å². The van der Waals surface area contributed by atoms with E-state index in [1.807, 2.05) is 6.07 Å². The fourth-order valence-electron chi connectivity index (χ4n) is 2.62. The number of thiophene rings is 1. The molecule has 3 aromatic rings. The molecular weight excluding hydrogens is 338 g/mol. The lowest BCUT2D eigenvalue weighted by Gasteiger charge is -2.31. The number of ether oxygens (including phenoxy) is 1. The second kappa shape index (κ2) is 6.79. The van der Waals surface area contributed by atoms with Crippen molar-refractivity contribution < 1.29 is 9.53 Å². The molecular formula is C17H21N5O2S. The van der Waals surface area contributed by atoms with Gasteiger partial charge in [-0.25, -0.2) is 14.6 Å². The second-order valence-corrected chi connectivity index (χ2v) is 7.78. The molecule has 3 aromatic heterocycles. The Bertz CT molecular complexity index is 867. The van der Waals surface area contributed by atoms with Gasteiger partial charge in [0, 0.05) is 4.88 Å². The zero-order valence-electron chi connectivity index (χ0n) is 14.7. The Hall–Kier alpha value is -2.48. The van der Waals surface area contributed by atoms with Gasteiger partial charge in [0.15, 0.2) is 5.65 Å². The van der Waals surface area contributed by atoms with Crippen molar-refractivity contribution in [1.29, 1.82) is 0 Å². The monoisotopic (exact) mass is 359 g/mol. The van der Waals surface area contributed by atoms with Crippen LogP contribution in [0, 0.1) is 5.41 Å². The molecule has 3 heterocycles. The molecule has 0 saturated heterocycles. The third-order valence-corrected chi connectivity index (χ3v) is 4.85. The molecule has 0 bridgehead atoms. The zero-order chi connectivity index (χ0) is 18.0. The van der Waals surface area contributed by atoms with Crippen LogP contribution in [0.5, 0.6) is 0 Å². The first kappa shape index (κ1) is 17.3. The zero-order valence-corrected chi connectivity index (χ0v) is 15.5. The largest absolute Gasteiger partial charge is 0.468 e. The molecule has 0 spiro atoms. The second-order valence-electron chi connectivity index (χ2n) is 6.80. The summed E-state index contributed by atoms with van der Waals surface area (Å²) in [6.45, 7) is 6.57. The standard InChI is InChI=1S/C17H21N5O2S/c1-17(2,3)14(12-6-5-7-25-12)21-15-11-8-20-22(9-13(23)24-4)16(11)19-10-18-15/h5-8,10,14H,9H2,1-4H3,(H,18,19,21). The summed E-state index contributed by atoms with van der Waals surface area (Å²) in [7, 11) is 1.35. The normalized spacial score (nSPS) is 13.0. The van der Waals surface area contributed by atoms with Crippen molar-refractivity contribution in [2.75, 3.05) is 12.4 Å². The lowest BCUT2D eigenvalue weighted by Crippen LogP contribution is -2.25. The van der Waals surface area contributed by atoms with Gasteiger partial charge in [-0.3, -0.25) is 4.79 Å². The average Bonchev–Trinajstić information content (AvgIpc) is 3.22. The third kappa shape index (κ3) is 3.63. The molecule has 1 atom stereocenters. The Morgan fingerprint density at radius 2 is 2.20 bits per heavy atom. The number of esters is 1. The molecule has 7 nitrogen and oxygen atoms in total. The molecule has 0 fully saturated rings. The molecule has 1 unspecified atom stereocenters. The number of carbonyl (C=O) groups is 1. The Morgan fingerprint density at radius 3 is 2.84 bits per heavy atom. The van der Waals surface area contributed by atoms with E-state index in [0.717, 1.165) is 5.39 Å². The van der Waals surface area contributed by atoms with Gasteiger partial charge >= 0.3 is 5.97 Å². The summed E-state index contributed by atoms with van der Waals surface area (Å²) < 4.78 is 6.22. The number of carbonyl (C=O) groups excluding carboxylic acids is 1. The molecule has 0 aromatic carbocycles. The summed E-state index contributed by atoms with van der Waals surface area (Å²) in [5, 5.41) is 10.6. The summed E-state index contributed by atoms with van der Waals surface area (Å²) in [4.78, 5) is 21.4. The van der Waals surface area contributed by atoms with Crippen molar-refractivity contribution in [2.24, 2.45) is 5.41 Å². The molecule has 0 saturated carbocycles. The van der Waals surface area contributed by atoms with Crippen molar-refractivity contribution in [3.63, 3.8) is 0 Å². The van der Waals surface area contributed by atoms with Crippen LogP contribution >= 0.6 is 11.3 Å². The van der Waals surface area contributed by atoms with Crippen molar-refractivity contribution in [3.05, 3.63) is 34.9 Å². The van der Waals surface area contributed by atoms with Crippen LogP contribution in [0.4, 0.5) is 5.82 Å². The number of anilines is 1. The summed E-state index contributed by atoms with van der Waals surface area (Å²) in [5.41, 5.74) is 0.589. The van der Waals surface area contributed by atoms with E-state index in [0.29, 0.717) is 11.5 Å². The van der Waals surface area contributed by atoms with E-state index < -0.39 is 0 Å². The van der Waals surface area contributed by atoms with Crippen LogP contribution in [0.15, 0.2) is 30.0 Å². The summed E-state index contributed by atoms with van der Waals surface area (Å²) in [5.74, 6) is 0.332. The van der Waals surface area contributed by atoms with Crippen molar-refractivity contribution in [2.45, 2.75) is 33.4 Å². The highest BCUT2D eigenvalue weighted by molar-refractivity contribution is 7.10. The predicted molar refractivity (Wildman–Crippen MR) is 97.5 cm³/mol. The number of rotatable bonds is 5. The van der Waals surface area contributed by atoms with E-state index >= 15 is 0 Å². The summed E-state index contributed by atoms with van der Waals surface area (Å²) in [6, 6.07) is 4.26. The van der Waals surface area contributed by atoms with Crippen LogP contribution in [0.25, 0.3) is 11.0 Å². The van der Waals surface area contributed by atoms with Crippen LogP contribution in [0.1, 0.15) is 31.7 Å². The van der Waals surface area contributed by atoms with Gasteiger partial charge in [0.1, 0.15) is 18.7 Å². The smallest absolute Gasteiger partial charge is 0.327 e. The maximum Gasteiger partial charge on any atom is 0.327 e. The Kier molecular flexibility index (Phi) is 4.71. The van der Waals surface area contributed by atoms with Crippen molar-refractivity contribution in [1.82, 2.24) is 19.7 Å². The SMILES string of the molecule is COC(=O)Cn1ncc2c(NC(c3cccs3)C(C)(C)C)ncnc21. The molecule has 3 rings (SSSR count). The first-order valence-electron chi connectivity index (χ1n) is 7.93. The molecule has 0 radical (unpaired) electrons. The highest BCUT2D eigenvalue weighted by Gasteiger charge is 2.28. The number of nitrogens with one attached hydrogen (secondary N) is 1. The van der Waals surface area contributed by atoms with Crippen LogP contribution in [0.3, 0.4) is 0 Å². The average molecular weight is 359 g/mol. The lowest BCUT2D eigenvalue weighted by molar-refractivity contribution is -0.141.